The van der Waals surface area contributed by atoms with Gasteiger partial charge in [-0.1, -0.05) is 48.5 Å². The molecule has 0 aliphatic heterocycles. The number of halogens is 3. The molecule has 4 aromatic rings. The predicted molar refractivity (Wildman–Crippen MR) is 109 cm³/mol. The molecule has 2 aromatic carbocycles. The van der Waals surface area contributed by atoms with E-state index < -0.39 is 11.7 Å². The first-order valence-electron chi connectivity index (χ1n) is 9.25. The monoisotopic (exact) mass is 406 g/mol. The number of hydrogen-bond donors (Lipinski definition) is 1. The molecule has 150 valence electrons. The molecule has 7 heteroatoms. The van der Waals surface area contributed by atoms with Crippen molar-refractivity contribution in [3.63, 3.8) is 0 Å². The van der Waals surface area contributed by atoms with E-state index in [-0.39, 0.29) is 0 Å². The summed E-state index contributed by atoms with van der Waals surface area (Å²) in [5.41, 5.74) is 1.60. The number of hydrogen-bond acceptors (Lipinski definition) is 4. The number of rotatable bonds is 5. The molecular formula is C23H17F3N4. The van der Waals surface area contributed by atoms with E-state index in [1.54, 1.807) is 36.5 Å². The molecule has 4 nitrogen and oxygen atoms in total. The first-order chi connectivity index (χ1) is 14.5. The summed E-state index contributed by atoms with van der Waals surface area (Å²) in [6.07, 6.45) is -2.81. The highest BCUT2D eigenvalue weighted by Gasteiger charge is 2.30. The quantitative estimate of drug-likeness (QED) is 0.453. The fraction of sp³-hybridized carbons (Fsp3) is 0.0870. The Morgan fingerprint density at radius 1 is 0.767 bits per heavy atom. The molecule has 0 atom stereocenters. The van der Waals surface area contributed by atoms with Crippen LogP contribution in [-0.4, -0.2) is 15.0 Å². The van der Waals surface area contributed by atoms with Crippen LogP contribution >= 0.6 is 0 Å². The molecule has 0 spiro atoms. The van der Waals surface area contributed by atoms with Crippen LogP contribution < -0.4 is 5.32 Å². The van der Waals surface area contributed by atoms with Gasteiger partial charge in [0.05, 0.1) is 11.3 Å². The molecular weight excluding hydrogens is 389 g/mol. The van der Waals surface area contributed by atoms with Crippen molar-refractivity contribution < 1.29 is 13.2 Å². The topological polar surface area (TPSA) is 50.7 Å². The Kier molecular flexibility index (Phi) is 5.43. The molecule has 4 rings (SSSR count). The Bertz CT molecular complexity index is 1130. The Hall–Kier alpha value is -3.74. The number of nitrogens with zero attached hydrogens (tertiary/aromatic N) is 3. The van der Waals surface area contributed by atoms with Gasteiger partial charge in [0.2, 0.25) is 0 Å². The Labute approximate surface area is 171 Å². The lowest BCUT2D eigenvalue weighted by Gasteiger charge is -2.12. The highest BCUT2D eigenvalue weighted by molar-refractivity contribution is 5.67. The first kappa shape index (κ1) is 19.6. The number of pyridine rings is 1. The highest BCUT2D eigenvalue weighted by Crippen LogP contribution is 2.32. The van der Waals surface area contributed by atoms with Gasteiger partial charge < -0.3 is 5.32 Å². The summed E-state index contributed by atoms with van der Waals surface area (Å²) < 4.78 is 39.5. The molecule has 0 saturated heterocycles. The van der Waals surface area contributed by atoms with Gasteiger partial charge in [-0.15, -0.1) is 0 Å². The molecule has 0 saturated carbocycles. The fourth-order valence-electron chi connectivity index (χ4n) is 2.94. The van der Waals surface area contributed by atoms with Crippen LogP contribution in [0, 0.1) is 0 Å². The SMILES string of the molecule is FC(F)(F)c1cccc(-c2cc(NCc3ccccc3)nc(-c3ccccn3)n2)c1. The lowest BCUT2D eigenvalue weighted by molar-refractivity contribution is -0.137. The summed E-state index contributed by atoms with van der Waals surface area (Å²) >= 11 is 0. The molecule has 0 fully saturated rings. The van der Waals surface area contributed by atoms with Gasteiger partial charge in [-0.05, 0) is 29.8 Å². The molecule has 2 heterocycles. The smallest absolute Gasteiger partial charge is 0.366 e. The zero-order valence-electron chi connectivity index (χ0n) is 15.8. The number of benzene rings is 2. The minimum absolute atomic E-state index is 0.334. The second kappa shape index (κ2) is 8.32. The van der Waals surface area contributed by atoms with Crippen LogP contribution in [0.5, 0.6) is 0 Å². The second-order valence-corrected chi connectivity index (χ2v) is 6.59. The molecule has 0 aliphatic carbocycles. The summed E-state index contributed by atoms with van der Waals surface area (Å²) in [5, 5.41) is 3.22. The van der Waals surface area contributed by atoms with Crippen molar-refractivity contribution >= 4 is 5.82 Å². The van der Waals surface area contributed by atoms with E-state index in [2.05, 4.69) is 20.3 Å². The van der Waals surface area contributed by atoms with Gasteiger partial charge in [-0.3, -0.25) is 4.98 Å². The molecule has 0 bridgehead atoms. The van der Waals surface area contributed by atoms with E-state index in [4.69, 9.17) is 0 Å². The van der Waals surface area contributed by atoms with Crippen molar-refractivity contribution in [2.24, 2.45) is 0 Å². The van der Waals surface area contributed by atoms with Crippen LogP contribution in [0.25, 0.3) is 22.8 Å². The lowest BCUT2D eigenvalue weighted by Crippen LogP contribution is -2.06. The van der Waals surface area contributed by atoms with E-state index >= 15 is 0 Å². The standard InChI is InChI=1S/C23H17F3N4/c24-23(25,26)18-10-6-9-17(13-18)20-14-21(28-15-16-7-2-1-3-8-16)30-22(29-20)19-11-4-5-12-27-19/h1-14H,15H2,(H,28,29,30). The van der Waals surface area contributed by atoms with Crippen molar-refractivity contribution in [1.82, 2.24) is 15.0 Å². The maximum atomic E-state index is 13.2. The molecule has 0 aliphatic rings. The van der Waals surface area contributed by atoms with Gasteiger partial charge in [0.1, 0.15) is 11.5 Å². The number of aromatic nitrogens is 3. The third-order valence-corrected chi connectivity index (χ3v) is 4.42. The third kappa shape index (κ3) is 4.63. The van der Waals surface area contributed by atoms with Crippen LogP contribution in [0.2, 0.25) is 0 Å². The molecule has 30 heavy (non-hydrogen) atoms. The van der Waals surface area contributed by atoms with Gasteiger partial charge in [0.25, 0.3) is 0 Å². The maximum Gasteiger partial charge on any atom is 0.416 e. The fourth-order valence-corrected chi connectivity index (χ4v) is 2.94. The third-order valence-electron chi connectivity index (χ3n) is 4.42. The Morgan fingerprint density at radius 2 is 1.57 bits per heavy atom. The van der Waals surface area contributed by atoms with Gasteiger partial charge in [-0.25, -0.2) is 9.97 Å². The van der Waals surface area contributed by atoms with Gasteiger partial charge in [0, 0.05) is 24.4 Å². The summed E-state index contributed by atoms with van der Waals surface area (Å²) in [6, 6.07) is 21.8. The highest BCUT2D eigenvalue weighted by atomic mass is 19.4. The molecule has 1 N–H and O–H groups in total. The molecule has 0 unspecified atom stereocenters. The molecule has 0 radical (unpaired) electrons. The molecule has 2 aromatic heterocycles. The van der Waals surface area contributed by atoms with E-state index in [0.29, 0.717) is 35.1 Å². The first-order valence-corrected chi connectivity index (χ1v) is 9.25. The zero-order chi connectivity index (χ0) is 21.0. The van der Waals surface area contributed by atoms with Crippen LogP contribution in [-0.2, 0) is 12.7 Å². The van der Waals surface area contributed by atoms with Crippen LogP contribution in [0.3, 0.4) is 0 Å². The number of alkyl halides is 3. The summed E-state index contributed by atoms with van der Waals surface area (Å²) in [4.78, 5) is 13.2. The number of nitrogens with one attached hydrogen (secondary N) is 1. The van der Waals surface area contributed by atoms with E-state index in [1.807, 2.05) is 30.3 Å². The lowest BCUT2D eigenvalue weighted by atomic mass is 10.1. The van der Waals surface area contributed by atoms with Crippen molar-refractivity contribution in [2.75, 3.05) is 5.32 Å². The zero-order valence-corrected chi connectivity index (χ0v) is 15.8. The van der Waals surface area contributed by atoms with Crippen molar-refractivity contribution in [2.45, 2.75) is 12.7 Å². The van der Waals surface area contributed by atoms with Crippen molar-refractivity contribution in [3.05, 3.63) is 96.2 Å². The predicted octanol–water partition coefficient (Wildman–Crippen LogP) is 5.84. The Balaban J connectivity index is 1.74. The maximum absolute atomic E-state index is 13.2. The van der Waals surface area contributed by atoms with Crippen molar-refractivity contribution in [1.29, 1.82) is 0 Å². The average molecular weight is 406 g/mol. The van der Waals surface area contributed by atoms with E-state index in [0.717, 1.165) is 17.7 Å². The van der Waals surface area contributed by atoms with Gasteiger partial charge >= 0.3 is 6.18 Å². The van der Waals surface area contributed by atoms with Crippen LogP contribution in [0.1, 0.15) is 11.1 Å². The second-order valence-electron chi connectivity index (χ2n) is 6.59. The van der Waals surface area contributed by atoms with Crippen LogP contribution in [0.15, 0.2) is 85.1 Å². The largest absolute Gasteiger partial charge is 0.416 e. The minimum Gasteiger partial charge on any atom is -0.366 e. The normalized spacial score (nSPS) is 11.3. The van der Waals surface area contributed by atoms with Gasteiger partial charge in [0.15, 0.2) is 5.82 Å². The summed E-state index contributed by atoms with van der Waals surface area (Å²) in [5.74, 6) is 0.836. The van der Waals surface area contributed by atoms with E-state index in [1.165, 1.54) is 6.07 Å². The van der Waals surface area contributed by atoms with Crippen LogP contribution in [0.4, 0.5) is 19.0 Å². The minimum atomic E-state index is -4.43. The van der Waals surface area contributed by atoms with Crippen molar-refractivity contribution in [3.8, 4) is 22.8 Å². The summed E-state index contributed by atoms with van der Waals surface area (Å²) in [6.45, 7) is 0.515. The summed E-state index contributed by atoms with van der Waals surface area (Å²) in [7, 11) is 0. The van der Waals surface area contributed by atoms with Gasteiger partial charge in [-0.2, -0.15) is 13.2 Å². The average Bonchev–Trinajstić information content (AvgIpc) is 2.78. The Morgan fingerprint density at radius 3 is 2.30 bits per heavy atom. The van der Waals surface area contributed by atoms with E-state index in [9.17, 15) is 13.2 Å². The molecule has 0 amide bonds. The number of anilines is 1.